The van der Waals surface area contributed by atoms with Gasteiger partial charge in [-0.15, -0.1) is 0 Å². The van der Waals surface area contributed by atoms with Crippen molar-refractivity contribution in [3.8, 4) is 22.8 Å². The van der Waals surface area contributed by atoms with Crippen LogP contribution in [0.2, 0.25) is 0 Å². The lowest BCUT2D eigenvalue weighted by Crippen LogP contribution is -2.29. The molecule has 1 atom stereocenters. The Hall–Kier alpha value is -4.13. The number of phenolic OH excluding ortho intramolecular Hbond substituents is 1. The number of benzene rings is 2. The zero-order valence-electron chi connectivity index (χ0n) is 16.8. The molecule has 4 aromatic rings. The minimum absolute atomic E-state index is 0.116. The van der Waals surface area contributed by atoms with Crippen molar-refractivity contribution in [2.24, 2.45) is 0 Å². The van der Waals surface area contributed by atoms with Crippen LogP contribution >= 0.6 is 0 Å². The van der Waals surface area contributed by atoms with Crippen LogP contribution in [0.4, 0.5) is 0 Å². The van der Waals surface area contributed by atoms with Crippen LogP contribution in [-0.4, -0.2) is 38.2 Å². The molecule has 7 nitrogen and oxygen atoms in total. The second-order valence-corrected chi connectivity index (χ2v) is 7.34. The van der Waals surface area contributed by atoms with E-state index < -0.39 is 0 Å². The van der Waals surface area contributed by atoms with E-state index in [1.807, 2.05) is 47.4 Å². The third kappa shape index (κ3) is 3.20. The molecule has 0 radical (unpaired) electrons. The molecule has 0 aliphatic carbocycles. The van der Waals surface area contributed by atoms with Gasteiger partial charge in [-0.3, -0.25) is 14.9 Å². The van der Waals surface area contributed by atoms with Crippen molar-refractivity contribution in [1.82, 2.24) is 20.1 Å². The molecule has 1 amide bonds. The van der Waals surface area contributed by atoms with Gasteiger partial charge in [0.05, 0.1) is 13.2 Å². The molecule has 2 aromatic heterocycles. The number of carbonyl (C=O) groups excluding carboxylic acids is 1. The van der Waals surface area contributed by atoms with E-state index in [-0.39, 0.29) is 17.7 Å². The number of pyridine rings is 1. The van der Waals surface area contributed by atoms with E-state index in [9.17, 15) is 9.90 Å². The normalized spacial score (nSPS) is 15.2. The average Bonchev–Trinajstić information content (AvgIpc) is 3.34. The van der Waals surface area contributed by atoms with Crippen LogP contribution in [0.25, 0.3) is 11.3 Å². The third-order valence-corrected chi connectivity index (χ3v) is 5.56. The maximum atomic E-state index is 13.4. The summed E-state index contributed by atoms with van der Waals surface area (Å²) >= 11 is 0. The first-order valence-electron chi connectivity index (χ1n) is 9.88. The molecule has 0 fully saturated rings. The number of H-pyrrole nitrogens is 1. The number of rotatable bonds is 5. The SMILES string of the molecule is COc1ccc([C@@H]2c3c(-c4ccccc4O)n[nH]c3C(=O)N2Cc2ccncc2)cc1. The predicted octanol–water partition coefficient (Wildman–Crippen LogP) is 3.93. The van der Waals surface area contributed by atoms with Crippen LogP contribution in [0.3, 0.4) is 0 Å². The highest BCUT2D eigenvalue weighted by Gasteiger charge is 2.42. The Morgan fingerprint density at radius 2 is 1.81 bits per heavy atom. The number of carbonyl (C=O) groups is 1. The Balaban J connectivity index is 1.66. The number of aromatic hydroxyl groups is 1. The molecule has 7 heteroatoms. The van der Waals surface area contributed by atoms with Crippen molar-refractivity contribution >= 4 is 5.91 Å². The second kappa shape index (κ2) is 7.60. The second-order valence-electron chi connectivity index (χ2n) is 7.34. The Morgan fingerprint density at radius 3 is 2.52 bits per heavy atom. The van der Waals surface area contributed by atoms with Gasteiger partial charge in [0.1, 0.15) is 22.9 Å². The molecule has 0 spiro atoms. The van der Waals surface area contributed by atoms with Gasteiger partial charge in [0.15, 0.2) is 0 Å². The summed E-state index contributed by atoms with van der Waals surface area (Å²) in [6.07, 6.45) is 3.43. The van der Waals surface area contributed by atoms with Gasteiger partial charge in [0.25, 0.3) is 5.91 Å². The van der Waals surface area contributed by atoms with Crippen molar-refractivity contribution in [3.63, 3.8) is 0 Å². The molecule has 0 bridgehead atoms. The monoisotopic (exact) mass is 412 g/mol. The highest BCUT2D eigenvalue weighted by atomic mass is 16.5. The lowest BCUT2D eigenvalue weighted by atomic mass is 9.95. The van der Waals surface area contributed by atoms with Crippen molar-refractivity contribution in [2.45, 2.75) is 12.6 Å². The van der Waals surface area contributed by atoms with E-state index in [4.69, 9.17) is 4.74 Å². The molecule has 2 N–H and O–H groups in total. The number of para-hydroxylation sites is 1. The number of methoxy groups -OCH3 is 1. The zero-order valence-corrected chi connectivity index (χ0v) is 16.8. The summed E-state index contributed by atoms with van der Waals surface area (Å²) in [6, 6.07) is 18.1. The largest absolute Gasteiger partial charge is 0.507 e. The van der Waals surface area contributed by atoms with Crippen LogP contribution in [0.15, 0.2) is 73.1 Å². The van der Waals surface area contributed by atoms with Crippen LogP contribution in [0.1, 0.15) is 33.2 Å². The molecule has 0 saturated carbocycles. The zero-order chi connectivity index (χ0) is 21.4. The minimum Gasteiger partial charge on any atom is -0.507 e. The van der Waals surface area contributed by atoms with Crippen molar-refractivity contribution in [1.29, 1.82) is 0 Å². The fourth-order valence-electron chi connectivity index (χ4n) is 4.06. The van der Waals surface area contributed by atoms with E-state index in [0.29, 0.717) is 23.5 Å². The molecule has 0 saturated heterocycles. The van der Waals surface area contributed by atoms with Crippen molar-refractivity contribution in [2.75, 3.05) is 7.11 Å². The first-order valence-corrected chi connectivity index (χ1v) is 9.88. The first kappa shape index (κ1) is 18.9. The molecule has 2 aromatic carbocycles. The Bertz CT molecular complexity index is 1240. The number of hydrogen-bond donors (Lipinski definition) is 2. The summed E-state index contributed by atoms with van der Waals surface area (Å²) in [5.41, 5.74) is 4.25. The topological polar surface area (TPSA) is 91.3 Å². The molecule has 1 aliphatic heterocycles. The highest BCUT2D eigenvalue weighted by molar-refractivity contribution is 6.00. The van der Waals surface area contributed by atoms with Gasteiger partial charge < -0.3 is 14.7 Å². The van der Waals surface area contributed by atoms with E-state index in [1.165, 1.54) is 0 Å². The molecular weight excluding hydrogens is 392 g/mol. The van der Waals surface area contributed by atoms with Gasteiger partial charge in [-0.05, 0) is 47.5 Å². The van der Waals surface area contributed by atoms with E-state index in [0.717, 1.165) is 22.4 Å². The summed E-state index contributed by atoms with van der Waals surface area (Å²) in [5.74, 6) is 0.717. The minimum atomic E-state index is -0.366. The maximum Gasteiger partial charge on any atom is 0.273 e. The predicted molar refractivity (Wildman–Crippen MR) is 115 cm³/mol. The van der Waals surface area contributed by atoms with Gasteiger partial charge in [0.2, 0.25) is 0 Å². The molecule has 154 valence electrons. The summed E-state index contributed by atoms with van der Waals surface area (Å²) in [5, 5.41) is 17.7. The molecule has 31 heavy (non-hydrogen) atoms. The summed E-state index contributed by atoms with van der Waals surface area (Å²) < 4.78 is 5.30. The number of nitrogens with one attached hydrogen (secondary N) is 1. The fourth-order valence-corrected chi connectivity index (χ4v) is 4.06. The Morgan fingerprint density at radius 1 is 1.06 bits per heavy atom. The van der Waals surface area contributed by atoms with Crippen molar-refractivity contribution in [3.05, 3.63) is 95.4 Å². The van der Waals surface area contributed by atoms with Crippen LogP contribution in [-0.2, 0) is 6.54 Å². The lowest BCUT2D eigenvalue weighted by molar-refractivity contribution is 0.0730. The third-order valence-electron chi connectivity index (χ3n) is 5.56. The van der Waals surface area contributed by atoms with Crippen LogP contribution in [0.5, 0.6) is 11.5 Å². The quantitative estimate of drug-likeness (QED) is 0.518. The Kier molecular flexibility index (Phi) is 4.63. The molecule has 0 unspecified atom stereocenters. The number of fused-ring (bicyclic) bond motifs is 1. The fraction of sp³-hybridized carbons (Fsp3) is 0.125. The van der Waals surface area contributed by atoms with E-state index >= 15 is 0 Å². The van der Waals surface area contributed by atoms with Crippen LogP contribution < -0.4 is 4.74 Å². The molecule has 3 heterocycles. The standard InChI is InChI=1S/C24H20N4O3/c1-31-17-8-6-16(7-9-17)23-20-21(18-4-2-3-5-19(18)29)26-27-22(20)24(30)28(23)14-15-10-12-25-13-11-15/h2-13,23,29H,14H2,1H3,(H,26,27)/t23-/m1/s1. The smallest absolute Gasteiger partial charge is 0.273 e. The highest BCUT2D eigenvalue weighted by Crippen LogP contribution is 2.45. The van der Waals surface area contributed by atoms with E-state index in [1.54, 1.807) is 37.7 Å². The van der Waals surface area contributed by atoms with Crippen molar-refractivity contribution < 1.29 is 14.6 Å². The molecule has 5 rings (SSSR count). The number of phenols is 1. The van der Waals surface area contributed by atoms with Gasteiger partial charge in [-0.25, -0.2) is 0 Å². The Labute approximate surface area is 179 Å². The van der Waals surface area contributed by atoms with Gasteiger partial charge >= 0.3 is 0 Å². The van der Waals surface area contributed by atoms with Gasteiger partial charge in [0, 0.05) is 30.1 Å². The molecular formula is C24H20N4O3. The maximum absolute atomic E-state index is 13.4. The number of amides is 1. The van der Waals surface area contributed by atoms with E-state index in [2.05, 4.69) is 15.2 Å². The number of hydrogen-bond acceptors (Lipinski definition) is 5. The van der Waals surface area contributed by atoms with Gasteiger partial charge in [-0.1, -0.05) is 24.3 Å². The summed E-state index contributed by atoms with van der Waals surface area (Å²) in [4.78, 5) is 19.3. The van der Waals surface area contributed by atoms with Crippen LogP contribution in [0, 0.1) is 0 Å². The lowest BCUT2D eigenvalue weighted by Gasteiger charge is -2.26. The van der Waals surface area contributed by atoms with Gasteiger partial charge in [-0.2, -0.15) is 5.10 Å². The molecule has 1 aliphatic rings. The number of ether oxygens (including phenoxy) is 1. The first-order chi connectivity index (χ1) is 15.2. The number of nitrogens with zero attached hydrogens (tertiary/aromatic N) is 3. The summed E-state index contributed by atoms with van der Waals surface area (Å²) in [7, 11) is 1.62. The summed E-state index contributed by atoms with van der Waals surface area (Å²) in [6.45, 7) is 0.417. The number of aromatic amines is 1. The number of aromatic nitrogens is 3. The average molecular weight is 412 g/mol.